The van der Waals surface area contributed by atoms with Gasteiger partial charge >= 0.3 is 0 Å². The Morgan fingerprint density at radius 2 is 1.91 bits per heavy atom. The number of aromatic nitrogens is 6. The number of halogens is 1. The fourth-order valence-corrected chi connectivity index (χ4v) is 6.31. The summed E-state index contributed by atoms with van der Waals surface area (Å²) in [6.45, 7) is 1.44. The van der Waals surface area contributed by atoms with Crippen LogP contribution in [-0.2, 0) is 20.0 Å². The van der Waals surface area contributed by atoms with Crippen LogP contribution in [0.2, 0.25) is 0 Å². The van der Waals surface area contributed by atoms with E-state index in [-0.39, 0.29) is 46.0 Å². The summed E-state index contributed by atoms with van der Waals surface area (Å²) < 4.78 is 68.4. The van der Waals surface area contributed by atoms with Gasteiger partial charge in [0.1, 0.15) is 15.6 Å². The summed E-state index contributed by atoms with van der Waals surface area (Å²) in [5, 5.41) is 18.7. The van der Waals surface area contributed by atoms with E-state index in [9.17, 15) is 21.2 Å². The molecule has 4 aromatic rings. The van der Waals surface area contributed by atoms with Crippen molar-refractivity contribution in [1.82, 2.24) is 35.3 Å². The molecular formula is C17H19FN10O4S2. The number of primary sulfonamides is 1. The minimum atomic E-state index is -4.72. The quantitative estimate of drug-likeness (QED) is 0.184. The number of imidazole rings is 1. The summed E-state index contributed by atoms with van der Waals surface area (Å²) in [4.78, 5) is 5.33. The molecule has 9 N–H and O–H groups in total. The van der Waals surface area contributed by atoms with Crippen LogP contribution in [0.4, 0.5) is 10.3 Å². The maximum Gasteiger partial charge on any atom is 0.242 e. The fraction of sp³-hybridized carbons (Fsp3) is 0.176. The molecule has 2 aromatic heterocycles. The number of benzene rings is 2. The van der Waals surface area contributed by atoms with Crippen LogP contribution in [0, 0.1) is 5.82 Å². The van der Waals surface area contributed by atoms with Crippen molar-refractivity contribution in [2.75, 3.05) is 12.3 Å². The van der Waals surface area contributed by atoms with Gasteiger partial charge in [0, 0.05) is 18.2 Å². The maximum atomic E-state index is 14.5. The molecule has 1 atom stereocenters. The highest BCUT2D eigenvalue weighted by Gasteiger charge is 2.33. The zero-order chi connectivity index (χ0) is 24.8. The van der Waals surface area contributed by atoms with Crippen molar-refractivity contribution in [3.8, 4) is 22.5 Å². The number of H-pyrrole nitrogens is 2. The van der Waals surface area contributed by atoms with Gasteiger partial charge in [0.05, 0.1) is 16.6 Å². The molecule has 4 rings (SSSR count). The first-order chi connectivity index (χ1) is 15.9. The molecule has 0 aliphatic rings. The smallest absolute Gasteiger partial charge is 0.242 e. The monoisotopic (exact) mass is 510 g/mol. The second-order valence-electron chi connectivity index (χ2n) is 7.33. The topological polar surface area (TPSA) is 242 Å². The first kappa shape index (κ1) is 23.6. The van der Waals surface area contributed by atoms with Gasteiger partial charge in [-0.1, -0.05) is 6.07 Å². The summed E-state index contributed by atoms with van der Waals surface area (Å²) in [6, 6.07) is 3.80. The molecule has 0 saturated heterocycles. The largest absolute Gasteiger partial charge is 0.369 e. The number of nitrogens with zero attached hydrogens (tertiary/aromatic N) is 4. The molecule has 34 heavy (non-hydrogen) atoms. The predicted octanol–water partition coefficient (Wildman–Crippen LogP) is -0.596. The first-order valence-electron chi connectivity index (χ1n) is 9.53. The van der Waals surface area contributed by atoms with Gasteiger partial charge in [-0.25, -0.2) is 36.1 Å². The molecule has 2 aromatic carbocycles. The number of rotatable bonds is 7. The summed E-state index contributed by atoms with van der Waals surface area (Å²) in [6.07, 6.45) is 0. The number of hydrogen-bond donors (Lipinski definition) is 6. The Morgan fingerprint density at radius 1 is 1.18 bits per heavy atom. The Balaban J connectivity index is 2.15. The van der Waals surface area contributed by atoms with Crippen LogP contribution in [0.5, 0.6) is 0 Å². The molecule has 0 aliphatic heterocycles. The van der Waals surface area contributed by atoms with E-state index in [2.05, 4.69) is 35.3 Å². The lowest BCUT2D eigenvalue weighted by Crippen LogP contribution is -2.38. The highest BCUT2D eigenvalue weighted by atomic mass is 32.2. The highest BCUT2D eigenvalue weighted by Crippen LogP contribution is 2.41. The van der Waals surface area contributed by atoms with Crippen molar-refractivity contribution in [1.29, 1.82) is 0 Å². The fourth-order valence-electron chi connectivity index (χ4n) is 3.45. The minimum Gasteiger partial charge on any atom is -0.369 e. The van der Waals surface area contributed by atoms with Gasteiger partial charge in [-0.15, -0.1) is 10.2 Å². The van der Waals surface area contributed by atoms with Crippen LogP contribution in [-0.4, -0.2) is 60.0 Å². The Bertz CT molecular complexity index is 1600. The maximum absolute atomic E-state index is 14.5. The van der Waals surface area contributed by atoms with Gasteiger partial charge in [0.25, 0.3) is 0 Å². The Morgan fingerprint density at radius 3 is 2.53 bits per heavy atom. The molecule has 0 radical (unpaired) electrons. The first-order valence-corrected chi connectivity index (χ1v) is 12.6. The van der Waals surface area contributed by atoms with Gasteiger partial charge < -0.3 is 16.5 Å². The summed E-state index contributed by atoms with van der Waals surface area (Å²) in [5.74, 6) is -1.02. The van der Waals surface area contributed by atoms with Gasteiger partial charge in [-0.2, -0.15) is 5.21 Å². The molecule has 0 spiro atoms. The van der Waals surface area contributed by atoms with Crippen LogP contribution in [0.15, 0.2) is 34.1 Å². The van der Waals surface area contributed by atoms with Crippen LogP contribution in [0.25, 0.3) is 33.5 Å². The number of aromatic amines is 2. The molecule has 2 heterocycles. The van der Waals surface area contributed by atoms with Gasteiger partial charge in [0.2, 0.25) is 25.9 Å². The van der Waals surface area contributed by atoms with Crippen LogP contribution in [0.1, 0.15) is 6.92 Å². The van der Waals surface area contributed by atoms with Crippen molar-refractivity contribution < 1.29 is 21.2 Å². The Labute approximate surface area is 192 Å². The lowest BCUT2D eigenvalue weighted by Gasteiger charge is -2.18. The highest BCUT2D eigenvalue weighted by molar-refractivity contribution is 7.92. The third-order valence-electron chi connectivity index (χ3n) is 4.83. The number of fused-ring (bicyclic) bond motifs is 1. The summed E-state index contributed by atoms with van der Waals surface area (Å²) in [5.41, 5.74) is 11.4. The third-order valence-corrected chi connectivity index (χ3v) is 7.59. The number of tetrazole rings is 1. The molecule has 0 fully saturated rings. The Kier molecular flexibility index (Phi) is 5.82. The van der Waals surface area contributed by atoms with E-state index in [0.717, 1.165) is 18.2 Å². The van der Waals surface area contributed by atoms with E-state index in [4.69, 9.17) is 16.6 Å². The molecule has 14 nitrogen and oxygen atoms in total. The lowest BCUT2D eigenvalue weighted by molar-refractivity contribution is 0.557. The van der Waals surface area contributed by atoms with Gasteiger partial charge in [-0.3, -0.25) is 0 Å². The third kappa shape index (κ3) is 4.21. The summed E-state index contributed by atoms with van der Waals surface area (Å²) >= 11 is 0. The average Bonchev–Trinajstić information content (AvgIpc) is 3.40. The number of nitrogen functional groups attached to an aromatic ring is 1. The van der Waals surface area contributed by atoms with E-state index in [1.807, 2.05) is 0 Å². The van der Waals surface area contributed by atoms with E-state index in [1.165, 1.54) is 13.0 Å². The van der Waals surface area contributed by atoms with Gasteiger partial charge in [0.15, 0.2) is 5.95 Å². The second-order valence-corrected chi connectivity index (χ2v) is 10.5. The van der Waals surface area contributed by atoms with Crippen LogP contribution < -0.4 is 21.3 Å². The Hall–Kier alpha value is -3.51. The van der Waals surface area contributed by atoms with Crippen molar-refractivity contribution >= 4 is 37.0 Å². The van der Waals surface area contributed by atoms with Crippen molar-refractivity contribution in [2.24, 2.45) is 10.9 Å². The molecule has 0 bridgehead atoms. The number of anilines is 1. The van der Waals surface area contributed by atoms with Crippen molar-refractivity contribution in [3.05, 3.63) is 30.1 Å². The predicted molar refractivity (Wildman–Crippen MR) is 119 cm³/mol. The molecule has 0 saturated carbocycles. The summed E-state index contributed by atoms with van der Waals surface area (Å²) in [7, 11) is -9.16. The molecule has 0 unspecified atom stereocenters. The van der Waals surface area contributed by atoms with Crippen LogP contribution in [0.3, 0.4) is 0 Å². The second kappa shape index (κ2) is 8.37. The molecule has 180 valence electrons. The number of sulfonamides is 2. The molecule has 0 aliphatic carbocycles. The zero-order valence-electron chi connectivity index (χ0n) is 17.4. The normalized spacial score (nSPS) is 13.4. The van der Waals surface area contributed by atoms with E-state index < -0.39 is 41.7 Å². The standard InChI is InChI=1S/C17H19FN10O4S2/c1-7(6-19)26-34(31,32)12-3-2-9(10-4-8(18)5-11-14(10)23-17(20)22-11)13(15(12)33(21,29)30)16-24-27-28-25-16/h2-5,7,26H,6,19H2,1H3,(H3,20,22,23)(H2,21,29,30)(H,24,25,27,28)/t7-/m0/s1. The molecule has 0 amide bonds. The number of hydrogen-bond acceptors (Lipinski definition) is 10. The van der Waals surface area contributed by atoms with Crippen molar-refractivity contribution in [3.63, 3.8) is 0 Å². The molecule has 17 heteroatoms. The minimum absolute atomic E-state index is 0.0196. The van der Waals surface area contributed by atoms with Crippen LogP contribution >= 0.6 is 0 Å². The average molecular weight is 511 g/mol. The van der Waals surface area contributed by atoms with Crippen molar-refractivity contribution in [2.45, 2.75) is 22.8 Å². The molecular weight excluding hydrogens is 491 g/mol. The number of nitrogens with two attached hydrogens (primary N) is 3. The SMILES string of the molecule is C[C@@H](CN)NS(=O)(=O)c1ccc(-c2cc(F)cc3[nH]c(N)nc23)c(-c2nn[nH]n2)c1S(N)(=O)=O. The van der Waals surface area contributed by atoms with Gasteiger partial charge in [-0.05, 0) is 35.9 Å². The van der Waals surface area contributed by atoms with E-state index in [0.29, 0.717) is 0 Å². The van der Waals surface area contributed by atoms with E-state index in [1.54, 1.807) is 0 Å². The zero-order valence-corrected chi connectivity index (χ0v) is 19.1. The number of nitrogens with one attached hydrogen (secondary N) is 3. The lowest BCUT2D eigenvalue weighted by atomic mass is 9.97. The van der Waals surface area contributed by atoms with E-state index >= 15 is 0 Å².